The van der Waals surface area contributed by atoms with Crippen LogP contribution in [0.4, 0.5) is 18.9 Å². The number of phenols is 1. The topological polar surface area (TPSA) is 79.1 Å². The molecule has 2 N–H and O–H groups in total. The highest BCUT2D eigenvalue weighted by atomic mass is 32.2. The van der Waals surface area contributed by atoms with Gasteiger partial charge in [-0.3, -0.25) is 0 Å². The number of thioether (sulfide) groups is 1. The van der Waals surface area contributed by atoms with Crippen LogP contribution in [0.15, 0.2) is 69.8 Å². The van der Waals surface area contributed by atoms with Crippen LogP contribution < -0.4 is 0 Å². The maximum atomic E-state index is 12.7. The van der Waals surface area contributed by atoms with E-state index in [1.807, 2.05) is 0 Å². The highest BCUT2D eigenvalue weighted by Crippen LogP contribution is 2.40. The van der Waals surface area contributed by atoms with Gasteiger partial charge in [0.1, 0.15) is 22.1 Å². The van der Waals surface area contributed by atoms with Gasteiger partial charge in [-0.15, -0.1) is 0 Å². The van der Waals surface area contributed by atoms with Crippen molar-refractivity contribution in [2.45, 2.75) is 6.18 Å². The second-order valence-corrected chi connectivity index (χ2v) is 6.91. The second kappa shape index (κ2) is 8.04. The Labute approximate surface area is 167 Å². The van der Waals surface area contributed by atoms with E-state index in [-0.39, 0.29) is 32.7 Å². The number of alkyl halides is 3. The number of aliphatic hydroxyl groups excluding tert-OH is 1. The molecule has 0 spiro atoms. The van der Waals surface area contributed by atoms with Gasteiger partial charge < -0.3 is 14.9 Å². The van der Waals surface area contributed by atoms with Crippen LogP contribution in [0.1, 0.15) is 11.1 Å². The van der Waals surface area contributed by atoms with Gasteiger partial charge in [0, 0.05) is 0 Å². The molecule has 0 amide bonds. The number of benzene rings is 2. The number of carbonyl (C=O) groups is 1. The summed E-state index contributed by atoms with van der Waals surface area (Å²) in [5.74, 6) is -1.17. The first-order valence-corrected chi connectivity index (χ1v) is 8.97. The van der Waals surface area contributed by atoms with Crippen molar-refractivity contribution in [1.82, 2.24) is 0 Å². The number of halogens is 3. The number of nitrogens with zero attached hydrogens (tertiary/aromatic N) is 1. The Hall–Kier alpha value is -3.20. The smallest absolute Gasteiger partial charge is 0.416 e. The molecule has 0 bridgehead atoms. The summed E-state index contributed by atoms with van der Waals surface area (Å²) in [4.78, 5) is 16.6. The zero-order chi connectivity index (χ0) is 21.2. The van der Waals surface area contributed by atoms with Gasteiger partial charge in [0.25, 0.3) is 0 Å². The fourth-order valence-corrected chi connectivity index (χ4v) is 3.53. The molecule has 0 unspecified atom stereocenters. The van der Waals surface area contributed by atoms with Crippen molar-refractivity contribution in [1.29, 1.82) is 0 Å². The molecule has 1 aliphatic heterocycles. The lowest BCUT2D eigenvalue weighted by atomic mass is 10.1. The molecule has 0 radical (unpaired) electrons. The lowest BCUT2D eigenvalue weighted by molar-refractivity contribution is -0.137. The maximum absolute atomic E-state index is 12.7. The molecule has 1 aliphatic rings. The number of hydrogen-bond acceptors (Lipinski definition) is 6. The molecule has 0 saturated heterocycles. The van der Waals surface area contributed by atoms with Crippen LogP contribution in [0.25, 0.3) is 6.08 Å². The summed E-state index contributed by atoms with van der Waals surface area (Å²) < 4.78 is 42.8. The summed E-state index contributed by atoms with van der Waals surface area (Å²) in [5, 5.41) is 20.1. The van der Waals surface area contributed by atoms with E-state index in [0.29, 0.717) is 5.56 Å². The Bertz CT molecular complexity index is 1040. The molecule has 0 saturated carbocycles. The summed E-state index contributed by atoms with van der Waals surface area (Å²) >= 11 is 0.958. The van der Waals surface area contributed by atoms with Gasteiger partial charge in [-0.1, -0.05) is 23.9 Å². The fourth-order valence-electron chi connectivity index (χ4n) is 2.50. The normalized spacial score (nSPS) is 17.2. The molecule has 3 rings (SSSR count). The van der Waals surface area contributed by atoms with Gasteiger partial charge in [-0.05, 0) is 48.0 Å². The third kappa shape index (κ3) is 4.62. The van der Waals surface area contributed by atoms with Gasteiger partial charge in [-0.2, -0.15) is 13.2 Å². The molecule has 150 valence electrons. The molecule has 29 heavy (non-hydrogen) atoms. The highest BCUT2D eigenvalue weighted by Gasteiger charge is 2.33. The molecular weight excluding hydrogens is 407 g/mol. The average molecular weight is 421 g/mol. The first-order chi connectivity index (χ1) is 13.7. The lowest BCUT2D eigenvalue weighted by Gasteiger charge is -2.06. The highest BCUT2D eigenvalue weighted by molar-refractivity contribution is 8.18. The predicted octanol–water partition coefficient (Wildman–Crippen LogP) is 5.21. The minimum absolute atomic E-state index is 0.0256. The van der Waals surface area contributed by atoms with Crippen molar-refractivity contribution in [2.75, 3.05) is 7.11 Å². The summed E-state index contributed by atoms with van der Waals surface area (Å²) in [6, 6.07) is 10.3. The van der Waals surface area contributed by atoms with Crippen LogP contribution in [0.5, 0.6) is 5.75 Å². The average Bonchev–Trinajstić information content (AvgIpc) is 2.96. The fraction of sp³-hybridized carbons (Fsp3) is 0.100. The number of aliphatic hydroxyl groups is 1. The number of aromatic hydroxyl groups is 1. The summed E-state index contributed by atoms with van der Waals surface area (Å²) in [5.41, 5.74) is -0.271. The Morgan fingerprint density at radius 1 is 1.14 bits per heavy atom. The molecular formula is C20H14F3NO4S. The van der Waals surface area contributed by atoms with Crippen molar-refractivity contribution in [3.63, 3.8) is 0 Å². The Balaban J connectivity index is 2.00. The van der Waals surface area contributed by atoms with Crippen LogP contribution in [0.3, 0.4) is 0 Å². The Morgan fingerprint density at radius 2 is 1.83 bits per heavy atom. The van der Waals surface area contributed by atoms with Crippen molar-refractivity contribution >= 4 is 34.5 Å². The maximum Gasteiger partial charge on any atom is 0.416 e. The number of rotatable bonds is 3. The van der Waals surface area contributed by atoms with E-state index in [9.17, 15) is 28.2 Å². The second-order valence-electron chi connectivity index (χ2n) is 5.88. The van der Waals surface area contributed by atoms with Crippen molar-refractivity contribution in [3.8, 4) is 5.75 Å². The van der Waals surface area contributed by atoms with E-state index < -0.39 is 17.7 Å². The van der Waals surface area contributed by atoms with Crippen molar-refractivity contribution in [2.24, 2.45) is 4.99 Å². The van der Waals surface area contributed by atoms with E-state index in [4.69, 9.17) is 0 Å². The van der Waals surface area contributed by atoms with E-state index >= 15 is 0 Å². The molecule has 0 atom stereocenters. The van der Waals surface area contributed by atoms with Crippen molar-refractivity contribution < 1.29 is 32.9 Å². The van der Waals surface area contributed by atoms with Crippen LogP contribution in [0.2, 0.25) is 0 Å². The van der Waals surface area contributed by atoms with Gasteiger partial charge in [0.05, 0.1) is 23.3 Å². The standard InChI is InChI=1S/C20H14F3NO4S/c1-28-19(27)16-17(26)15(10-11-3-2-4-14(25)9-11)29-18(16)24-13-7-5-12(6-8-13)20(21,22)23/h2-10,25-26H,1H3/b15-10+,24-18?. The summed E-state index contributed by atoms with van der Waals surface area (Å²) in [6.45, 7) is 0. The van der Waals surface area contributed by atoms with E-state index in [1.165, 1.54) is 30.3 Å². The largest absolute Gasteiger partial charge is 0.508 e. The third-order valence-corrected chi connectivity index (χ3v) is 4.89. The molecule has 9 heteroatoms. The number of hydrogen-bond donors (Lipinski definition) is 2. The van der Waals surface area contributed by atoms with Crippen LogP contribution >= 0.6 is 11.8 Å². The van der Waals surface area contributed by atoms with Gasteiger partial charge in [-0.25, -0.2) is 9.79 Å². The first-order valence-electron chi connectivity index (χ1n) is 8.16. The number of ether oxygens (including phenoxy) is 1. The predicted molar refractivity (Wildman–Crippen MR) is 104 cm³/mol. The summed E-state index contributed by atoms with van der Waals surface area (Å²) in [6.07, 6.45) is -2.93. The summed E-state index contributed by atoms with van der Waals surface area (Å²) in [7, 11) is 1.14. The molecule has 2 aromatic carbocycles. The SMILES string of the molecule is COC(=O)C1=C(O)/C(=C\c2cccc(O)c2)SC1=Nc1ccc(C(F)(F)F)cc1. The zero-order valence-corrected chi connectivity index (χ0v) is 15.7. The van der Waals surface area contributed by atoms with Crippen LogP contribution in [-0.4, -0.2) is 28.3 Å². The Kier molecular flexibility index (Phi) is 5.69. The molecule has 2 aromatic rings. The first kappa shape index (κ1) is 20.5. The minimum Gasteiger partial charge on any atom is -0.508 e. The molecule has 0 aromatic heterocycles. The number of esters is 1. The van der Waals surface area contributed by atoms with Crippen LogP contribution in [-0.2, 0) is 15.7 Å². The van der Waals surface area contributed by atoms with Gasteiger partial charge in [0.15, 0.2) is 0 Å². The van der Waals surface area contributed by atoms with E-state index in [0.717, 1.165) is 31.0 Å². The van der Waals surface area contributed by atoms with E-state index in [2.05, 4.69) is 9.73 Å². The number of carbonyl (C=O) groups excluding carboxylic acids is 1. The number of aliphatic imine (C=N–C) groups is 1. The quantitative estimate of drug-likeness (QED) is 0.665. The third-order valence-electron chi connectivity index (χ3n) is 3.87. The molecule has 0 fully saturated rings. The van der Waals surface area contributed by atoms with Gasteiger partial charge >= 0.3 is 12.1 Å². The lowest BCUT2D eigenvalue weighted by Crippen LogP contribution is -2.10. The molecule has 1 heterocycles. The minimum atomic E-state index is -4.47. The van der Waals surface area contributed by atoms with E-state index in [1.54, 1.807) is 12.1 Å². The molecule has 0 aliphatic carbocycles. The number of methoxy groups -OCH3 is 1. The number of phenolic OH excluding ortho intramolecular Hbond substituents is 1. The van der Waals surface area contributed by atoms with Crippen LogP contribution in [0, 0.1) is 0 Å². The Morgan fingerprint density at radius 3 is 2.41 bits per heavy atom. The molecule has 5 nitrogen and oxygen atoms in total. The monoisotopic (exact) mass is 421 g/mol. The van der Waals surface area contributed by atoms with Crippen molar-refractivity contribution in [3.05, 3.63) is 75.9 Å². The van der Waals surface area contributed by atoms with Gasteiger partial charge in [0.2, 0.25) is 0 Å². The zero-order valence-electron chi connectivity index (χ0n) is 14.9.